The highest BCUT2D eigenvalue weighted by Crippen LogP contribution is 2.44. The molecule has 2 heteroatoms. The van der Waals surface area contributed by atoms with Crippen LogP contribution in [0.2, 0.25) is 0 Å². The molecule has 0 aliphatic heterocycles. The van der Waals surface area contributed by atoms with Crippen LogP contribution in [0.1, 0.15) is 0 Å². The summed E-state index contributed by atoms with van der Waals surface area (Å²) < 4.78 is 0. The highest BCUT2D eigenvalue weighted by Gasteiger charge is 1.79. The molecule has 0 bridgehead atoms. The first kappa shape index (κ1) is 5.73. The maximum absolute atomic E-state index is 3.84. The average molecular weight is 108 g/mol. The molecule has 1 atom stereocenters. The molecule has 0 aliphatic rings. The molecule has 0 aliphatic carbocycles. The molecule has 0 rings (SSSR count). The summed E-state index contributed by atoms with van der Waals surface area (Å²) in [6.45, 7) is 3.58. The quantitative estimate of drug-likeness (QED) is 0.412. The van der Waals surface area contributed by atoms with Crippen LogP contribution in [-0.2, 0) is 0 Å². The van der Waals surface area contributed by atoms with Crippen LogP contribution in [0.25, 0.3) is 0 Å². The monoisotopic (exact) mass is 108 g/mol. The fourth-order valence-electron chi connectivity index (χ4n) is 0. The molecule has 0 aromatic rings. The summed E-state index contributed by atoms with van der Waals surface area (Å²) in [7, 11) is 2.72. The third-order valence-electron chi connectivity index (χ3n) is 0. The molecule has 0 saturated heterocycles. The van der Waals surface area contributed by atoms with Crippen molar-refractivity contribution in [3.8, 4) is 0 Å². The normalized spacial score (nSPS) is 11.8. The van der Waals surface area contributed by atoms with Gasteiger partial charge in [0.05, 0.1) is 0 Å². The molecule has 0 nitrogen and oxygen atoms in total. The van der Waals surface area contributed by atoms with Crippen LogP contribution in [0.3, 0.4) is 0 Å². The Bertz CT molecular complexity index is 51.0. The molecule has 32 valence electrons. The van der Waals surface area contributed by atoms with Crippen LogP contribution in [-0.4, -0.2) is 19.6 Å². The molecule has 0 amide bonds. The first-order valence-electron chi connectivity index (χ1n) is 1.47. The van der Waals surface area contributed by atoms with Crippen molar-refractivity contribution in [3.63, 3.8) is 0 Å². The zero-order valence-corrected chi connectivity index (χ0v) is 5.78. The Hall–Kier alpha value is 0.730. The van der Waals surface area contributed by atoms with Crippen molar-refractivity contribution in [1.29, 1.82) is 0 Å². The van der Waals surface area contributed by atoms with Crippen molar-refractivity contribution in [3.05, 3.63) is 0 Å². The summed E-state index contributed by atoms with van der Waals surface area (Å²) in [4.78, 5) is 0. The maximum atomic E-state index is 3.84. The predicted molar refractivity (Wildman–Crippen MR) is 35.6 cm³/mol. The standard InChI is InChI=1S/C3H10P2/c1-5(2,3)4/h1,4H2,2-3H3. The van der Waals surface area contributed by atoms with E-state index in [2.05, 4.69) is 28.6 Å². The second-order valence-electron chi connectivity index (χ2n) is 1.78. The molecule has 5 heavy (non-hydrogen) atoms. The van der Waals surface area contributed by atoms with Gasteiger partial charge in [0, 0.05) is 0 Å². The highest BCUT2D eigenvalue weighted by atomic mass is 32.0. The second-order valence-corrected chi connectivity index (χ2v) is 9.53. The molecule has 0 aromatic heterocycles. The van der Waals surface area contributed by atoms with Gasteiger partial charge in [-0.25, -0.2) is 0 Å². The van der Waals surface area contributed by atoms with Crippen molar-refractivity contribution in [2.24, 2.45) is 0 Å². The van der Waals surface area contributed by atoms with E-state index in [1.54, 1.807) is 0 Å². The topological polar surface area (TPSA) is 0 Å². The van der Waals surface area contributed by atoms with Gasteiger partial charge in [-0.2, -0.15) is 0 Å². The lowest BCUT2D eigenvalue weighted by molar-refractivity contribution is 2.28. The van der Waals surface area contributed by atoms with Crippen molar-refractivity contribution < 1.29 is 0 Å². The van der Waals surface area contributed by atoms with Crippen LogP contribution >= 0.6 is 15.5 Å². The van der Waals surface area contributed by atoms with Gasteiger partial charge in [-0.1, -0.05) is 6.30 Å². The molecule has 1 unspecified atom stereocenters. The van der Waals surface area contributed by atoms with Crippen molar-refractivity contribution >= 4 is 21.8 Å². The van der Waals surface area contributed by atoms with Gasteiger partial charge in [0.15, 0.2) is 0 Å². The van der Waals surface area contributed by atoms with E-state index >= 15 is 0 Å². The average Bonchev–Trinajstić information content (AvgIpc) is 0.722. The van der Waals surface area contributed by atoms with E-state index in [4.69, 9.17) is 0 Å². The summed E-state index contributed by atoms with van der Waals surface area (Å²) in [5.41, 5.74) is 0. The van der Waals surface area contributed by atoms with E-state index in [0.29, 0.717) is 0 Å². The van der Waals surface area contributed by atoms with Crippen molar-refractivity contribution in [2.75, 3.05) is 13.3 Å². The largest absolute Gasteiger partial charge is 0.113 e. The van der Waals surface area contributed by atoms with E-state index in [1.807, 2.05) is 0 Å². The van der Waals surface area contributed by atoms with Gasteiger partial charge in [-0.3, -0.25) is 0 Å². The van der Waals surface area contributed by atoms with Crippen LogP contribution < -0.4 is 0 Å². The zero-order valence-electron chi connectivity index (χ0n) is 3.73. The molecule has 0 radical (unpaired) electrons. The summed E-state index contributed by atoms with van der Waals surface area (Å²) in [6.07, 6.45) is 3.84. The highest BCUT2D eigenvalue weighted by molar-refractivity contribution is 8.22. The number of rotatable bonds is 0. The summed E-state index contributed by atoms with van der Waals surface area (Å²) in [6, 6.07) is 0. The third-order valence-corrected chi connectivity index (χ3v) is 0. The fraction of sp³-hybridized carbons (Fsp3) is 0.667. The SMILES string of the molecule is C=P(C)(C)P. The molecule has 0 aromatic carbocycles. The van der Waals surface area contributed by atoms with Gasteiger partial charge in [0.25, 0.3) is 0 Å². The summed E-state index contributed by atoms with van der Waals surface area (Å²) in [5.74, 6) is 0. The Labute approximate surface area is 36.0 Å². The predicted octanol–water partition coefficient (Wildman–Crippen LogP) is 1.49. The molecule has 0 fully saturated rings. The lowest BCUT2D eigenvalue weighted by Crippen LogP contribution is -1.50. The first-order chi connectivity index (χ1) is 2.00. The third kappa shape index (κ3) is 66.2. The lowest BCUT2D eigenvalue weighted by Gasteiger charge is -1.96. The summed E-state index contributed by atoms with van der Waals surface area (Å²) >= 11 is 0. The van der Waals surface area contributed by atoms with E-state index in [-0.39, 0.29) is 0 Å². The molecule has 0 N–H and O–H groups in total. The van der Waals surface area contributed by atoms with E-state index < -0.39 is 6.57 Å². The van der Waals surface area contributed by atoms with Gasteiger partial charge in [-0.05, 0) is 13.3 Å². The molecular weight excluding hydrogens is 98.0 g/mol. The molecule has 0 heterocycles. The van der Waals surface area contributed by atoms with Gasteiger partial charge in [0.1, 0.15) is 0 Å². The Balaban J connectivity index is 3.47. The molecule has 0 saturated carbocycles. The minimum Gasteiger partial charge on any atom is -0.113 e. The Morgan fingerprint density at radius 3 is 1.60 bits per heavy atom. The smallest absolute Gasteiger partial charge is 0.0421 e. The Kier molecular flexibility index (Phi) is 1.67. The zero-order chi connectivity index (χ0) is 4.50. The van der Waals surface area contributed by atoms with Gasteiger partial charge in [0.2, 0.25) is 0 Å². The second kappa shape index (κ2) is 1.45. The van der Waals surface area contributed by atoms with E-state index in [0.717, 1.165) is 0 Å². The maximum Gasteiger partial charge on any atom is -0.0421 e. The van der Waals surface area contributed by atoms with Crippen LogP contribution in [0.15, 0.2) is 0 Å². The van der Waals surface area contributed by atoms with Crippen molar-refractivity contribution in [1.82, 2.24) is 0 Å². The Morgan fingerprint density at radius 1 is 1.60 bits per heavy atom. The van der Waals surface area contributed by atoms with Gasteiger partial charge < -0.3 is 0 Å². The summed E-state index contributed by atoms with van der Waals surface area (Å²) in [5, 5.41) is 0. The van der Waals surface area contributed by atoms with E-state index in [1.165, 1.54) is 0 Å². The van der Waals surface area contributed by atoms with Gasteiger partial charge in [-0.15, -0.1) is 15.5 Å². The lowest BCUT2D eigenvalue weighted by atomic mass is 11.9. The van der Waals surface area contributed by atoms with Crippen LogP contribution in [0.4, 0.5) is 0 Å². The number of hydrogen-bond acceptors (Lipinski definition) is 0. The van der Waals surface area contributed by atoms with E-state index in [9.17, 15) is 0 Å². The van der Waals surface area contributed by atoms with Crippen LogP contribution in [0.5, 0.6) is 0 Å². The minimum atomic E-state index is -0.722. The van der Waals surface area contributed by atoms with Crippen LogP contribution in [0, 0.1) is 0 Å². The fourth-order valence-corrected chi connectivity index (χ4v) is 0. The molecule has 0 spiro atoms. The Morgan fingerprint density at radius 2 is 1.60 bits per heavy atom. The number of hydrogen-bond donors (Lipinski definition) is 0. The minimum absolute atomic E-state index is 0.722. The molecular formula is C3H10P2. The van der Waals surface area contributed by atoms with Gasteiger partial charge >= 0.3 is 0 Å². The van der Waals surface area contributed by atoms with Crippen molar-refractivity contribution in [2.45, 2.75) is 0 Å². The first-order valence-corrected chi connectivity index (χ1v) is 5.96.